The maximum atomic E-state index is 13.4. The summed E-state index contributed by atoms with van der Waals surface area (Å²) < 4.78 is 26.7. The van der Waals surface area contributed by atoms with Gasteiger partial charge < -0.3 is 26.2 Å². The Bertz CT molecular complexity index is 688. The topological polar surface area (TPSA) is 119 Å². The van der Waals surface area contributed by atoms with E-state index in [-0.39, 0.29) is 68.5 Å². The molecule has 0 bridgehead atoms. The zero-order chi connectivity index (χ0) is 20.9. The van der Waals surface area contributed by atoms with Gasteiger partial charge in [-0.3, -0.25) is 4.79 Å². The van der Waals surface area contributed by atoms with E-state index < -0.39 is 11.8 Å². The van der Waals surface area contributed by atoms with Crippen LogP contribution in [0, 0.1) is 0 Å². The molecule has 2 fully saturated rings. The molecule has 0 atom stereocenters. The van der Waals surface area contributed by atoms with Crippen LogP contribution in [0.4, 0.5) is 20.5 Å². The number of nitrogens with one attached hydrogen (secondary N) is 3. The summed E-state index contributed by atoms with van der Waals surface area (Å²) in [5.41, 5.74) is 0.253. The molecule has 0 aliphatic heterocycles. The van der Waals surface area contributed by atoms with Crippen LogP contribution in [-0.4, -0.2) is 63.4 Å². The van der Waals surface area contributed by atoms with Crippen molar-refractivity contribution in [3.8, 4) is 0 Å². The molecule has 0 aromatic carbocycles. The van der Waals surface area contributed by atoms with Gasteiger partial charge in [0.1, 0.15) is 11.4 Å². The molecular formula is C19H29F2N5O3. The van der Waals surface area contributed by atoms with Gasteiger partial charge in [-0.15, -0.1) is 0 Å². The molecular weight excluding hydrogens is 384 g/mol. The van der Waals surface area contributed by atoms with E-state index in [1.807, 2.05) is 0 Å². The van der Waals surface area contributed by atoms with Crippen LogP contribution in [0.5, 0.6) is 0 Å². The molecule has 0 spiro atoms. The zero-order valence-electron chi connectivity index (χ0n) is 16.3. The van der Waals surface area contributed by atoms with Crippen LogP contribution in [-0.2, 0) is 0 Å². The van der Waals surface area contributed by atoms with Gasteiger partial charge in [-0.2, -0.15) is 4.98 Å². The summed E-state index contributed by atoms with van der Waals surface area (Å²) >= 11 is 0. The minimum absolute atomic E-state index is 0.0684. The van der Waals surface area contributed by atoms with E-state index in [1.165, 1.54) is 6.20 Å². The third kappa shape index (κ3) is 6.20. The normalized spacial score (nSPS) is 24.7. The summed E-state index contributed by atoms with van der Waals surface area (Å²) in [6, 6.07) is -0.231. The van der Waals surface area contributed by atoms with Crippen molar-refractivity contribution in [2.75, 3.05) is 23.8 Å². The molecule has 10 heteroatoms. The number of aliphatic hydroxyl groups is 2. The number of carbonyl (C=O) groups excluding carboxylic acids is 1. The number of carbonyl (C=O) groups is 1. The Balaban J connectivity index is 1.70. The second-order valence-corrected chi connectivity index (χ2v) is 7.86. The number of nitrogens with zero attached hydrogens (tertiary/aromatic N) is 2. The molecule has 1 aromatic heterocycles. The number of halogens is 2. The molecule has 0 unspecified atom stereocenters. The van der Waals surface area contributed by atoms with Crippen LogP contribution in [0.25, 0.3) is 0 Å². The van der Waals surface area contributed by atoms with E-state index in [4.69, 9.17) is 5.11 Å². The van der Waals surface area contributed by atoms with Gasteiger partial charge in [0.2, 0.25) is 11.9 Å². The standard InChI is InChI=1S/C19H29F2N5O3/c20-19(21)7-5-13(6-8-19)25-17(29)15-11-23-18(22-9-10-27)26-16(15)24-12-1-3-14(28)4-2-12/h11-14,27-28H,1-10H2,(H,25,29)(H2,22,23,24,26). The van der Waals surface area contributed by atoms with Crippen LogP contribution >= 0.6 is 0 Å². The number of alkyl halides is 2. The molecule has 3 rings (SSSR count). The quantitative estimate of drug-likeness (QED) is 0.463. The number of rotatable bonds is 7. The molecule has 0 radical (unpaired) electrons. The van der Waals surface area contributed by atoms with Crippen molar-refractivity contribution in [2.45, 2.75) is 75.5 Å². The zero-order valence-corrected chi connectivity index (χ0v) is 16.3. The van der Waals surface area contributed by atoms with Crippen molar-refractivity contribution in [3.05, 3.63) is 11.8 Å². The fourth-order valence-corrected chi connectivity index (χ4v) is 3.77. The van der Waals surface area contributed by atoms with Gasteiger partial charge in [0.15, 0.2) is 0 Å². The van der Waals surface area contributed by atoms with Crippen LogP contribution in [0.2, 0.25) is 0 Å². The summed E-state index contributed by atoms with van der Waals surface area (Å²) in [6.45, 7) is 0.193. The summed E-state index contributed by atoms with van der Waals surface area (Å²) in [5, 5.41) is 27.6. The van der Waals surface area contributed by atoms with E-state index in [2.05, 4.69) is 25.9 Å². The van der Waals surface area contributed by atoms with Crippen molar-refractivity contribution in [1.29, 1.82) is 0 Å². The molecule has 0 saturated heterocycles. The van der Waals surface area contributed by atoms with Gasteiger partial charge in [-0.25, -0.2) is 13.8 Å². The van der Waals surface area contributed by atoms with Crippen molar-refractivity contribution in [3.63, 3.8) is 0 Å². The van der Waals surface area contributed by atoms with Crippen LogP contribution in [0.3, 0.4) is 0 Å². The lowest BCUT2D eigenvalue weighted by Crippen LogP contribution is -2.41. The second-order valence-electron chi connectivity index (χ2n) is 7.86. The molecule has 8 nitrogen and oxygen atoms in total. The highest BCUT2D eigenvalue weighted by Gasteiger charge is 2.35. The van der Waals surface area contributed by atoms with E-state index in [1.54, 1.807) is 0 Å². The van der Waals surface area contributed by atoms with Gasteiger partial charge in [0.25, 0.3) is 5.91 Å². The fourth-order valence-electron chi connectivity index (χ4n) is 3.77. The Morgan fingerprint density at radius 1 is 1.14 bits per heavy atom. The SMILES string of the molecule is O=C(NC1CCC(F)(F)CC1)c1cnc(NCCO)nc1NC1CCC(O)CC1. The summed E-state index contributed by atoms with van der Waals surface area (Å²) in [6.07, 6.45) is 3.98. The molecule has 5 N–H and O–H groups in total. The first-order chi connectivity index (χ1) is 13.9. The Labute approximate surface area is 168 Å². The first kappa shape index (κ1) is 21.6. The Morgan fingerprint density at radius 2 is 1.83 bits per heavy atom. The van der Waals surface area contributed by atoms with Crippen molar-refractivity contribution >= 4 is 17.7 Å². The van der Waals surface area contributed by atoms with Crippen molar-refractivity contribution in [2.24, 2.45) is 0 Å². The van der Waals surface area contributed by atoms with Crippen molar-refractivity contribution in [1.82, 2.24) is 15.3 Å². The van der Waals surface area contributed by atoms with Crippen molar-refractivity contribution < 1.29 is 23.8 Å². The third-order valence-electron chi connectivity index (χ3n) is 5.52. The first-order valence-electron chi connectivity index (χ1n) is 10.2. The fraction of sp³-hybridized carbons (Fsp3) is 0.737. The van der Waals surface area contributed by atoms with Gasteiger partial charge in [0.05, 0.1) is 12.7 Å². The molecule has 162 valence electrons. The molecule has 1 heterocycles. The lowest BCUT2D eigenvalue weighted by molar-refractivity contribution is -0.0399. The smallest absolute Gasteiger partial charge is 0.256 e. The number of amides is 1. The summed E-state index contributed by atoms with van der Waals surface area (Å²) in [5.74, 6) is -2.40. The minimum atomic E-state index is -2.65. The Hall–Kier alpha value is -2.07. The summed E-state index contributed by atoms with van der Waals surface area (Å²) in [7, 11) is 0. The molecule has 1 aromatic rings. The highest BCUT2D eigenvalue weighted by Crippen LogP contribution is 2.33. The maximum Gasteiger partial charge on any atom is 0.256 e. The molecule has 2 aliphatic rings. The number of aromatic nitrogens is 2. The predicted molar refractivity (Wildman–Crippen MR) is 104 cm³/mol. The minimum Gasteiger partial charge on any atom is -0.395 e. The Kier molecular flexibility index (Phi) is 7.18. The highest BCUT2D eigenvalue weighted by molar-refractivity contribution is 5.98. The van der Waals surface area contributed by atoms with E-state index in [0.29, 0.717) is 18.7 Å². The second kappa shape index (κ2) is 9.62. The maximum absolute atomic E-state index is 13.4. The van der Waals surface area contributed by atoms with Gasteiger partial charge in [-0.05, 0) is 38.5 Å². The van der Waals surface area contributed by atoms with E-state index in [0.717, 1.165) is 12.8 Å². The molecule has 2 aliphatic carbocycles. The van der Waals surface area contributed by atoms with Gasteiger partial charge >= 0.3 is 0 Å². The third-order valence-corrected chi connectivity index (χ3v) is 5.52. The number of anilines is 2. The van der Waals surface area contributed by atoms with E-state index >= 15 is 0 Å². The first-order valence-corrected chi connectivity index (χ1v) is 10.2. The average Bonchev–Trinajstić information content (AvgIpc) is 2.70. The monoisotopic (exact) mass is 413 g/mol. The number of aliphatic hydroxyl groups excluding tert-OH is 2. The Morgan fingerprint density at radius 3 is 2.48 bits per heavy atom. The van der Waals surface area contributed by atoms with Gasteiger partial charge in [0, 0.05) is 37.7 Å². The molecule has 29 heavy (non-hydrogen) atoms. The molecule has 2 saturated carbocycles. The van der Waals surface area contributed by atoms with Gasteiger partial charge in [-0.1, -0.05) is 0 Å². The van der Waals surface area contributed by atoms with Crippen LogP contribution in [0.15, 0.2) is 6.20 Å². The predicted octanol–water partition coefficient (Wildman–Crippen LogP) is 1.90. The molecule has 1 amide bonds. The summed E-state index contributed by atoms with van der Waals surface area (Å²) in [4.78, 5) is 21.3. The average molecular weight is 413 g/mol. The lowest BCUT2D eigenvalue weighted by Gasteiger charge is -2.29. The number of hydrogen-bond donors (Lipinski definition) is 5. The van der Waals surface area contributed by atoms with Crippen LogP contribution < -0.4 is 16.0 Å². The largest absolute Gasteiger partial charge is 0.395 e. The van der Waals surface area contributed by atoms with Crippen LogP contribution in [0.1, 0.15) is 61.7 Å². The highest BCUT2D eigenvalue weighted by atomic mass is 19.3. The van der Waals surface area contributed by atoms with E-state index in [9.17, 15) is 18.7 Å². The lowest BCUT2D eigenvalue weighted by atomic mass is 9.92. The number of hydrogen-bond acceptors (Lipinski definition) is 7.